The minimum Gasteiger partial charge on any atom is -0.497 e. The van der Waals surface area contributed by atoms with Crippen molar-refractivity contribution < 1.29 is 19.4 Å². The van der Waals surface area contributed by atoms with E-state index in [0.717, 1.165) is 46.5 Å². The Hall–Kier alpha value is -3.69. The maximum atomic E-state index is 11.0. The summed E-state index contributed by atoms with van der Waals surface area (Å²) in [7, 11) is 5.10. The first-order valence-electron chi connectivity index (χ1n) is 13.6. The van der Waals surface area contributed by atoms with E-state index in [1.165, 1.54) is 0 Å². The lowest BCUT2D eigenvalue weighted by atomic mass is 9.95. The number of nitrogens with one attached hydrogen (secondary N) is 1. The molecule has 218 valence electrons. The number of pyridine rings is 2. The normalized spacial score (nSPS) is 13.5. The molecule has 1 saturated heterocycles. The summed E-state index contributed by atoms with van der Waals surface area (Å²) < 4.78 is 11.1. The third kappa shape index (κ3) is 6.37. The van der Waals surface area contributed by atoms with E-state index in [-0.39, 0.29) is 12.3 Å². The summed E-state index contributed by atoms with van der Waals surface area (Å²) in [5, 5.41) is 13.2. The summed E-state index contributed by atoms with van der Waals surface area (Å²) in [5.74, 6) is 0.656. The molecule has 5 rings (SSSR count). The van der Waals surface area contributed by atoms with Crippen LogP contribution in [0, 0.1) is 5.92 Å². The molecule has 0 radical (unpaired) electrons. The Morgan fingerprint density at radius 2 is 1.79 bits per heavy atom. The molecule has 8 nitrogen and oxygen atoms in total. The maximum absolute atomic E-state index is 11.0. The second kappa shape index (κ2) is 13.1. The fourth-order valence-electron chi connectivity index (χ4n) is 5.36. The highest BCUT2D eigenvalue weighted by Crippen LogP contribution is 2.42. The first-order chi connectivity index (χ1) is 20.3. The number of halogens is 2. The molecule has 1 aliphatic rings. The van der Waals surface area contributed by atoms with Gasteiger partial charge in [0.2, 0.25) is 5.88 Å². The fourth-order valence-corrected chi connectivity index (χ4v) is 6.01. The van der Waals surface area contributed by atoms with Gasteiger partial charge in [-0.3, -0.25) is 14.7 Å². The zero-order chi connectivity index (χ0) is 29.8. The zero-order valence-corrected chi connectivity index (χ0v) is 25.2. The molecule has 0 saturated carbocycles. The third-order valence-electron chi connectivity index (χ3n) is 7.33. The SMILES string of the molecule is CNCc1ccc(-c2cccc(-c3ccnc(-c4cc(CN5CC(CC(=O)O)C5)cc(OC)c4)c3Cl)c2Cl)nc1OC. The highest BCUT2D eigenvalue weighted by atomic mass is 35.5. The number of methoxy groups -OCH3 is 2. The molecule has 2 aromatic carbocycles. The summed E-state index contributed by atoms with van der Waals surface area (Å²) in [4.78, 5) is 22.6. The number of aromatic nitrogens is 2. The molecule has 2 N–H and O–H groups in total. The number of hydrogen-bond donors (Lipinski definition) is 2. The van der Waals surface area contributed by atoms with E-state index in [1.807, 2.05) is 61.6 Å². The summed E-state index contributed by atoms with van der Waals surface area (Å²) in [6, 6.07) is 17.5. The Kier molecular flexibility index (Phi) is 9.28. The second-order valence-electron chi connectivity index (χ2n) is 10.3. The van der Waals surface area contributed by atoms with Crippen LogP contribution in [0.25, 0.3) is 33.6 Å². The van der Waals surface area contributed by atoms with Crippen LogP contribution in [0.5, 0.6) is 11.6 Å². The average molecular weight is 608 g/mol. The van der Waals surface area contributed by atoms with E-state index in [2.05, 4.69) is 15.2 Å². The predicted molar refractivity (Wildman–Crippen MR) is 165 cm³/mol. The minimum absolute atomic E-state index is 0.184. The van der Waals surface area contributed by atoms with Crippen molar-refractivity contribution in [2.45, 2.75) is 19.5 Å². The van der Waals surface area contributed by atoms with E-state index < -0.39 is 5.97 Å². The van der Waals surface area contributed by atoms with Crippen molar-refractivity contribution in [1.29, 1.82) is 0 Å². The lowest BCUT2D eigenvalue weighted by Crippen LogP contribution is -2.46. The molecule has 4 aromatic rings. The van der Waals surface area contributed by atoms with Crippen molar-refractivity contribution >= 4 is 29.2 Å². The van der Waals surface area contributed by atoms with Gasteiger partial charge in [-0.15, -0.1) is 0 Å². The topological polar surface area (TPSA) is 96.8 Å². The van der Waals surface area contributed by atoms with Crippen LogP contribution >= 0.6 is 23.2 Å². The number of rotatable bonds is 11. The van der Waals surface area contributed by atoms with Crippen molar-refractivity contribution in [2.75, 3.05) is 34.4 Å². The van der Waals surface area contributed by atoms with Crippen LogP contribution in [0.1, 0.15) is 17.5 Å². The highest BCUT2D eigenvalue weighted by Gasteiger charge is 2.28. The Bertz CT molecular complexity index is 1610. The molecule has 0 atom stereocenters. The molecule has 0 spiro atoms. The first-order valence-corrected chi connectivity index (χ1v) is 14.3. The lowest BCUT2D eigenvalue weighted by molar-refractivity contribution is -0.139. The van der Waals surface area contributed by atoms with Crippen LogP contribution in [-0.4, -0.2) is 60.3 Å². The molecule has 2 aromatic heterocycles. The summed E-state index contributed by atoms with van der Waals surface area (Å²) in [6.07, 6.45) is 1.92. The van der Waals surface area contributed by atoms with Crippen molar-refractivity contribution in [3.63, 3.8) is 0 Å². The van der Waals surface area contributed by atoms with Gasteiger partial charge >= 0.3 is 5.97 Å². The molecule has 10 heteroatoms. The first kappa shape index (κ1) is 29.8. The standard InChI is InChI=1S/C32H32Cl2N4O4/c1-35-15-21-7-8-27(37-32(21)42-3)26-6-4-5-24(29(26)33)25-9-10-36-31(30(25)34)22-11-19(12-23(14-22)41-2)16-38-17-20(18-38)13-28(39)40/h4-12,14,20,35H,13,15-18H2,1-3H3,(H,39,40). The van der Waals surface area contributed by atoms with Gasteiger partial charge in [-0.2, -0.15) is 0 Å². The quantitative estimate of drug-likeness (QED) is 0.202. The number of likely N-dealkylation sites (tertiary alicyclic amines) is 1. The van der Waals surface area contributed by atoms with Gasteiger partial charge in [-0.1, -0.05) is 47.5 Å². The summed E-state index contributed by atoms with van der Waals surface area (Å²) in [5.41, 5.74) is 6.37. The van der Waals surface area contributed by atoms with Crippen LogP contribution in [0.2, 0.25) is 10.0 Å². The van der Waals surface area contributed by atoms with Gasteiger partial charge < -0.3 is 19.9 Å². The van der Waals surface area contributed by atoms with Crippen LogP contribution < -0.4 is 14.8 Å². The zero-order valence-electron chi connectivity index (χ0n) is 23.7. The monoisotopic (exact) mass is 606 g/mol. The number of ether oxygens (including phenoxy) is 2. The summed E-state index contributed by atoms with van der Waals surface area (Å²) >= 11 is 14.0. The average Bonchev–Trinajstić information content (AvgIpc) is 2.96. The van der Waals surface area contributed by atoms with Gasteiger partial charge in [0.25, 0.3) is 0 Å². The van der Waals surface area contributed by atoms with E-state index in [9.17, 15) is 4.79 Å². The smallest absolute Gasteiger partial charge is 0.303 e. The molecular formula is C32H32Cl2N4O4. The molecule has 1 fully saturated rings. The number of aliphatic carboxylic acids is 1. The van der Waals surface area contributed by atoms with Crippen molar-refractivity contribution in [3.8, 4) is 45.3 Å². The molecule has 1 aliphatic heterocycles. The molecule has 0 unspecified atom stereocenters. The Labute approximate surface area is 255 Å². The van der Waals surface area contributed by atoms with Gasteiger partial charge in [-0.05, 0) is 48.9 Å². The number of carboxylic acids is 1. The maximum Gasteiger partial charge on any atom is 0.303 e. The van der Waals surface area contributed by atoms with Crippen LogP contribution in [0.15, 0.2) is 60.8 Å². The Morgan fingerprint density at radius 1 is 1.02 bits per heavy atom. The number of benzene rings is 2. The van der Waals surface area contributed by atoms with Crippen LogP contribution in [-0.2, 0) is 17.9 Å². The van der Waals surface area contributed by atoms with Gasteiger partial charge in [0.15, 0.2) is 0 Å². The molecule has 42 heavy (non-hydrogen) atoms. The molecule has 0 bridgehead atoms. The largest absolute Gasteiger partial charge is 0.497 e. The van der Waals surface area contributed by atoms with Gasteiger partial charge in [0.1, 0.15) is 5.75 Å². The van der Waals surface area contributed by atoms with Crippen LogP contribution in [0.4, 0.5) is 0 Å². The molecule has 0 amide bonds. The van der Waals surface area contributed by atoms with Crippen molar-refractivity contribution in [3.05, 3.63) is 82.0 Å². The summed E-state index contributed by atoms with van der Waals surface area (Å²) in [6.45, 7) is 2.81. The van der Waals surface area contributed by atoms with E-state index in [4.69, 9.17) is 42.8 Å². The number of nitrogens with zero attached hydrogens (tertiary/aromatic N) is 3. The predicted octanol–water partition coefficient (Wildman–Crippen LogP) is 6.43. The van der Waals surface area contributed by atoms with E-state index >= 15 is 0 Å². The number of carboxylic acid groups (broad SMARTS) is 1. The van der Waals surface area contributed by atoms with Crippen LogP contribution in [0.3, 0.4) is 0 Å². The number of carbonyl (C=O) groups is 1. The van der Waals surface area contributed by atoms with Gasteiger partial charge in [0, 0.05) is 60.2 Å². The minimum atomic E-state index is -0.757. The van der Waals surface area contributed by atoms with Gasteiger partial charge in [0.05, 0.1) is 42.1 Å². The van der Waals surface area contributed by atoms with Gasteiger partial charge in [-0.25, -0.2) is 4.98 Å². The van der Waals surface area contributed by atoms with E-state index in [1.54, 1.807) is 20.4 Å². The molecule has 3 heterocycles. The van der Waals surface area contributed by atoms with E-state index in [0.29, 0.717) is 46.2 Å². The molecular weight excluding hydrogens is 575 g/mol. The lowest BCUT2D eigenvalue weighted by Gasteiger charge is -2.38. The Morgan fingerprint density at radius 3 is 2.50 bits per heavy atom. The molecule has 0 aliphatic carbocycles. The third-order valence-corrected chi connectivity index (χ3v) is 8.12. The number of hydrogen-bond acceptors (Lipinski definition) is 7. The second-order valence-corrected chi connectivity index (χ2v) is 11.1. The Balaban J connectivity index is 1.47. The highest BCUT2D eigenvalue weighted by molar-refractivity contribution is 6.39. The fraction of sp³-hybridized carbons (Fsp3) is 0.281. The van der Waals surface area contributed by atoms with Crippen molar-refractivity contribution in [1.82, 2.24) is 20.2 Å². The van der Waals surface area contributed by atoms with Crippen molar-refractivity contribution in [2.24, 2.45) is 5.92 Å².